The summed E-state index contributed by atoms with van der Waals surface area (Å²) in [4.78, 5) is 17.1. The Labute approximate surface area is 110 Å². The minimum Gasteiger partial charge on any atom is -0.368 e. The first-order chi connectivity index (χ1) is 8.49. The lowest BCUT2D eigenvalue weighted by Gasteiger charge is -2.17. The van der Waals surface area contributed by atoms with Crippen LogP contribution in [0.3, 0.4) is 0 Å². The van der Waals surface area contributed by atoms with Crippen LogP contribution in [0.2, 0.25) is 5.02 Å². The summed E-state index contributed by atoms with van der Waals surface area (Å²) < 4.78 is 0. The number of nitrogens with zero attached hydrogens (tertiary/aromatic N) is 2. The summed E-state index contributed by atoms with van der Waals surface area (Å²) in [6, 6.07) is 7.52. The van der Waals surface area contributed by atoms with Crippen molar-refractivity contribution in [3.8, 4) is 0 Å². The third-order valence-corrected chi connectivity index (χ3v) is 3.10. The molecule has 0 spiro atoms. The van der Waals surface area contributed by atoms with Crippen molar-refractivity contribution in [2.45, 2.75) is 6.92 Å². The molecule has 0 fully saturated rings. The van der Waals surface area contributed by atoms with Crippen LogP contribution in [0.5, 0.6) is 0 Å². The van der Waals surface area contributed by atoms with Gasteiger partial charge in [-0.2, -0.15) is 0 Å². The first kappa shape index (κ1) is 12.6. The number of aromatic nitrogens is 1. The van der Waals surface area contributed by atoms with Gasteiger partial charge in [0.25, 0.3) is 0 Å². The van der Waals surface area contributed by atoms with Crippen molar-refractivity contribution >= 4 is 34.2 Å². The standard InChI is InChI=1S/C13H14ClN3O/c1-8-3-5-10(14)9-4-6-12(16-13(8)9)17(2)7-11(15)18/h3-6H,7H2,1-2H3,(H2,15,18). The zero-order chi connectivity index (χ0) is 13.3. The maximum atomic E-state index is 10.9. The highest BCUT2D eigenvalue weighted by atomic mass is 35.5. The number of pyridine rings is 1. The Hall–Kier alpha value is -1.81. The van der Waals surface area contributed by atoms with Crippen molar-refractivity contribution < 1.29 is 4.79 Å². The Morgan fingerprint density at radius 2 is 2.11 bits per heavy atom. The number of hydrogen-bond donors (Lipinski definition) is 1. The van der Waals surface area contributed by atoms with E-state index in [0.29, 0.717) is 10.8 Å². The number of fused-ring (bicyclic) bond motifs is 1. The predicted octanol–water partition coefficient (Wildman–Crippen LogP) is 2.12. The van der Waals surface area contributed by atoms with E-state index in [1.54, 1.807) is 11.9 Å². The number of amides is 1. The number of likely N-dealkylation sites (N-methyl/N-ethyl adjacent to an activating group) is 1. The molecule has 1 aromatic heterocycles. The molecule has 4 nitrogen and oxygen atoms in total. The predicted molar refractivity (Wildman–Crippen MR) is 74.0 cm³/mol. The van der Waals surface area contributed by atoms with Gasteiger partial charge >= 0.3 is 0 Å². The summed E-state index contributed by atoms with van der Waals surface area (Å²) in [5.41, 5.74) is 7.06. The van der Waals surface area contributed by atoms with E-state index in [2.05, 4.69) is 4.98 Å². The molecular formula is C13H14ClN3O. The maximum absolute atomic E-state index is 10.9. The van der Waals surface area contributed by atoms with Crippen molar-refractivity contribution in [2.75, 3.05) is 18.5 Å². The van der Waals surface area contributed by atoms with Crippen LogP contribution in [0.25, 0.3) is 10.9 Å². The van der Waals surface area contributed by atoms with Crippen LogP contribution >= 0.6 is 11.6 Å². The second-order valence-corrected chi connectivity index (χ2v) is 4.66. The summed E-state index contributed by atoms with van der Waals surface area (Å²) in [5.74, 6) is 0.314. The zero-order valence-electron chi connectivity index (χ0n) is 10.3. The molecule has 0 atom stereocenters. The van der Waals surface area contributed by atoms with E-state index in [-0.39, 0.29) is 12.5 Å². The highest BCUT2D eigenvalue weighted by molar-refractivity contribution is 6.35. The number of halogens is 1. The zero-order valence-corrected chi connectivity index (χ0v) is 11.0. The van der Waals surface area contributed by atoms with Gasteiger partial charge in [0.15, 0.2) is 0 Å². The Kier molecular flexibility index (Phi) is 3.39. The van der Waals surface area contributed by atoms with Gasteiger partial charge < -0.3 is 10.6 Å². The number of benzene rings is 1. The second kappa shape index (κ2) is 4.82. The second-order valence-electron chi connectivity index (χ2n) is 4.25. The number of anilines is 1. The van der Waals surface area contributed by atoms with E-state index in [1.165, 1.54) is 0 Å². The van der Waals surface area contributed by atoms with Gasteiger partial charge in [-0.3, -0.25) is 4.79 Å². The Balaban J connectivity index is 2.50. The quantitative estimate of drug-likeness (QED) is 0.923. The highest BCUT2D eigenvalue weighted by Crippen LogP contribution is 2.26. The number of carbonyl (C=O) groups excluding carboxylic acids is 1. The van der Waals surface area contributed by atoms with Gasteiger partial charge in [0.2, 0.25) is 5.91 Å². The van der Waals surface area contributed by atoms with E-state index in [0.717, 1.165) is 16.5 Å². The van der Waals surface area contributed by atoms with Crippen LogP contribution in [0, 0.1) is 6.92 Å². The van der Waals surface area contributed by atoms with Crippen molar-refractivity contribution in [2.24, 2.45) is 5.73 Å². The number of rotatable bonds is 3. The van der Waals surface area contributed by atoms with Crippen LogP contribution < -0.4 is 10.6 Å². The Bertz CT molecular complexity index is 612. The first-order valence-electron chi connectivity index (χ1n) is 5.54. The highest BCUT2D eigenvalue weighted by Gasteiger charge is 2.09. The molecule has 2 aromatic rings. The summed E-state index contributed by atoms with van der Waals surface area (Å²) in [5, 5.41) is 1.58. The molecule has 94 valence electrons. The molecule has 2 N–H and O–H groups in total. The van der Waals surface area contributed by atoms with Gasteiger partial charge in [0.05, 0.1) is 12.1 Å². The molecule has 0 aliphatic carbocycles. The van der Waals surface area contributed by atoms with Crippen LogP contribution in [-0.2, 0) is 4.79 Å². The van der Waals surface area contributed by atoms with E-state index in [4.69, 9.17) is 17.3 Å². The fourth-order valence-corrected chi connectivity index (χ4v) is 2.05. The molecule has 0 radical (unpaired) electrons. The molecule has 0 saturated carbocycles. The maximum Gasteiger partial charge on any atom is 0.236 e. The van der Waals surface area contributed by atoms with Gasteiger partial charge in [-0.05, 0) is 30.7 Å². The van der Waals surface area contributed by atoms with E-state index in [9.17, 15) is 4.79 Å². The largest absolute Gasteiger partial charge is 0.368 e. The molecule has 0 aliphatic heterocycles. The van der Waals surface area contributed by atoms with Crippen LogP contribution in [-0.4, -0.2) is 24.5 Å². The van der Waals surface area contributed by atoms with E-state index in [1.807, 2.05) is 31.2 Å². The lowest BCUT2D eigenvalue weighted by Crippen LogP contribution is -2.31. The summed E-state index contributed by atoms with van der Waals surface area (Å²) in [6.45, 7) is 2.11. The van der Waals surface area contributed by atoms with Gasteiger partial charge in [-0.1, -0.05) is 17.7 Å². The van der Waals surface area contributed by atoms with Gasteiger partial charge in [0.1, 0.15) is 5.82 Å². The lowest BCUT2D eigenvalue weighted by atomic mass is 10.1. The third kappa shape index (κ3) is 2.38. The molecule has 5 heteroatoms. The lowest BCUT2D eigenvalue weighted by molar-refractivity contribution is -0.116. The smallest absolute Gasteiger partial charge is 0.236 e. The van der Waals surface area contributed by atoms with Crippen molar-refractivity contribution in [1.29, 1.82) is 0 Å². The number of hydrogen-bond acceptors (Lipinski definition) is 3. The fraction of sp³-hybridized carbons (Fsp3) is 0.231. The summed E-state index contributed by atoms with van der Waals surface area (Å²) in [6.07, 6.45) is 0. The molecule has 0 bridgehead atoms. The van der Waals surface area contributed by atoms with Crippen molar-refractivity contribution in [3.05, 3.63) is 34.9 Å². The van der Waals surface area contributed by atoms with Gasteiger partial charge in [0, 0.05) is 17.5 Å². The number of nitrogens with two attached hydrogens (primary N) is 1. The van der Waals surface area contributed by atoms with Gasteiger partial charge in [-0.25, -0.2) is 4.98 Å². The Morgan fingerprint density at radius 3 is 2.78 bits per heavy atom. The van der Waals surface area contributed by atoms with Gasteiger partial charge in [-0.15, -0.1) is 0 Å². The molecular weight excluding hydrogens is 250 g/mol. The van der Waals surface area contributed by atoms with Crippen molar-refractivity contribution in [1.82, 2.24) is 4.98 Å². The number of primary amides is 1. The molecule has 2 rings (SSSR count). The number of aryl methyl sites for hydroxylation is 1. The molecule has 0 aliphatic rings. The Morgan fingerprint density at radius 1 is 1.39 bits per heavy atom. The minimum atomic E-state index is -0.387. The minimum absolute atomic E-state index is 0.137. The SMILES string of the molecule is Cc1ccc(Cl)c2ccc(N(C)CC(N)=O)nc12. The van der Waals surface area contributed by atoms with Crippen LogP contribution in [0.1, 0.15) is 5.56 Å². The molecule has 18 heavy (non-hydrogen) atoms. The fourth-order valence-electron chi connectivity index (χ4n) is 1.84. The molecule has 1 amide bonds. The molecule has 1 aromatic carbocycles. The molecule has 1 heterocycles. The van der Waals surface area contributed by atoms with E-state index < -0.39 is 0 Å². The summed E-state index contributed by atoms with van der Waals surface area (Å²) >= 11 is 6.12. The molecule has 0 saturated heterocycles. The normalized spacial score (nSPS) is 10.6. The topological polar surface area (TPSA) is 59.2 Å². The van der Waals surface area contributed by atoms with Crippen LogP contribution in [0.15, 0.2) is 24.3 Å². The molecule has 0 unspecified atom stereocenters. The van der Waals surface area contributed by atoms with Crippen molar-refractivity contribution in [3.63, 3.8) is 0 Å². The number of carbonyl (C=O) groups is 1. The van der Waals surface area contributed by atoms with Crippen LogP contribution in [0.4, 0.5) is 5.82 Å². The average Bonchev–Trinajstić information content (AvgIpc) is 2.33. The average molecular weight is 264 g/mol. The third-order valence-electron chi connectivity index (χ3n) is 2.78. The summed E-state index contributed by atoms with van der Waals surface area (Å²) in [7, 11) is 1.78. The monoisotopic (exact) mass is 263 g/mol. The first-order valence-corrected chi connectivity index (χ1v) is 5.92. The van der Waals surface area contributed by atoms with E-state index >= 15 is 0 Å².